The van der Waals surface area contributed by atoms with Crippen LogP contribution in [-0.2, 0) is 12.0 Å². The molecule has 114 valence electrons. The average molecular weight is 298 g/mol. The molecule has 1 aromatic heterocycles. The lowest BCUT2D eigenvalue weighted by atomic mass is 9.86. The quantitative estimate of drug-likeness (QED) is 0.917. The molecule has 5 nitrogen and oxygen atoms in total. The van der Waals surface area contributed by atoms with Gasteiger partial charge in [0.25, 0.3) is 5.88 Å². The van der Waals surface area contributed by atoms with Gasteiger partial charge in [-0.05, 0) is 25.0 Å². The van der Waals surface area contributed by atoms with Crippen molar-refractivity contribution in [1.29, 1.82) is 5.26 Å². The van der Waals surface area contributed by atoms with E-state index in [0.717, 1.165) is 11.1 Å². The van der Waals surface area contributed by atoms with E-state index in [1.807, 2.05) is 38.1 Å². The van der Waals surface area contributed by atoms with Gasteiger partial charge in [-0.25, -0.2) is 4.98 Å². The molecule has 0 saturated heterocycles. The first-order valence-corrected chi connectivity index (χ1v) is 6.83. The van der Waals surface area contributed by atoms with Crippen molar-refractivity contribution in [2.45, 2.75) is 25.9 Å². The largest absolute Gasteiger partial charge is 0.506 e. The molecule has 0 spiro atoms. The topological polar surface area (TPSA) is 75.4 Å². The summed E-state index contributed by atoms with van der Waals surface area (Å²) in [6, 6.07) is 11.4. The van der Waals surface area contributed by atoms with Crippen LogP contribution in [0.2, 0.25) is 0 Å². The van der Waals surface area contributed by atoms with Crippen molar-refractivity contribution in [3.05, 3.63) is 47.7 Å². The SMILES string of the molecule is COc1cc(O)cnc1OCc1ccc(C(C)(C)C#N)cc1. The Bertz CT molecular complexity index is 688. The number of nitriles is 1. The average Bonchev–Trinajstić information content (AvgIpc) is 2.54. The van der Waals surface area contributed by atoms with E-state index in [-0.39, 0.29) is 5.75 Å². The van der Waals surface area contributed by atoms with Crippen LogP contribution < -0.4 is 9.47 Å². The highest BCUT2D eigenvalue weighted by Gasteiger charge is 2.19. The molecule has 0 unspecified atom stereocenters. The summed E-state index contributed by atoms with van der Waals surface area (Å²) < 4.78 is 10.7. The molecule has 0 aliphatic carbocycles. The van der Waals surface area contributed by atoms with Gasteiger partial charge in [0.05, 0.1) is 24.8 Å². The highest BCUT2D eigenvalue weighted by Crippen LogP contribution is 2.28. The number of pyridine rings is 1. The fourth-order valence-electron chi connectivity index (χ4n) is 1.91. The Labute approximate surface area is 129 Å². The molecular weight excluding hydrogens is 280 g/mol. The Morgan fingerprint density at radius 2 is 1.95 bits per heavy atom. The van der Waals surface area contributed by atoms with Gasteiger partial charge in [0, 0.05) is 6.07 Å². The molecule has 0 aliphatic heterocycles. The Kier molecular flexibility index (Phi) is 4.52. The Hall–Kier alpha value is -2.74. The summed E-state index contributed by atoms with van der Waals surface area (Å²) >= 11 is 0. The van der Waals surface area contributed by atoms with E-state index in [9.17, 15) is 5.11 Å². The maximum absolute atomic E-state index is 9.36. The zero-order valence-corrected chi connectivity index (χ0v) is 12.8. The Balaban J connectivity index is 2.08. The van der Waals surface area contributed by atoms with Crippen molar-refractivity contribution >= 4 is 0 Å². The summed E-state index contributed by atoms with van der Waals surface area (Å²) in [6.45, 7) is 4.08. The monoisotopic (exact) mass is 298 g/mol. The molecule has 2 rings (SSSR count). The van der Waals surface area contributed by atoms with E-state index in [4.69, 9.17) is 14.7 Å². The van der Waals surface area contributed by atoms with Crippen LogP contribution in [0.3, 0.4) is 0 Å². The van der Waals surface area contributed by atoms with Crippen molar-refractivity contribution in [2.75, 3.05) is 7.11 Å². The molecular formula is C17H18N2O3. The molecule has 5 heteroatoms. The maximum atomic E-state index is 9.36. The second kappa shape index (κ2) is 6.35. The Morgan fingerprint density at radius 3 is 2.55 bits per heavy atom. The fraction of sp³-hybridized carbons (Fsp3) is 0.294. The van der Waals surface area contributed by atoms with E-state index in [1.165, 1.54) is 19.4 Å². The van der Waals surface area contributed by atoms with Gasteiger partial charge in [0.1, 0.15) is 12.4 Å². The zero-order valence-electron chi connectivity index (χ0n) is 12.8. The normalized spacial score (nSPS) is 10.8. The first kappa shape index (κ1) is 15.6. The van der Waals surface area contributed by atoms with Crippen molar-refractivity contribution in [2.24, 2.45) is 0 Å². The minimum atomic E-state index is -0.513. The summed E-state index contributed by atoms with van der Waals surface area (Å²) in [5, 5.41) is 18.5. The number of aromatic hydroxyl groups is 1. The van der Waals surface area contributed by atoms with Crippen LogP contribution in [0.25, 0.3) is 0 Å². The second-order valence-corrected chi connectivity index (χ2v) is 5.42. The van der Waals surface area contributed by atoms with E-state index < -0.39 is 5.41 Å². The predicted molar refractivity (Wildman–Crippen MR) is 81.9 cm³/mol. The lowest BCUT2D eigenvalue weighted by molar-refractivity contribution is 0.271. The van der Waals surface area contributed by atoms with Gasteiger partial charge < -0.3 is 14.6 Å². The van der Waals surface area contributed by atoms with Gasteiger partial charge in [-0.3, -0.25) is 0 Å². The zero-order chi connectivity index (χ0) is 16.2. The summed E-state index contributed by atoms with van der Waals surface area (Å²) in [4.78, 5) is 3.99. The lowest BCUT2D eigenvalue weighted by Crippen LogP contribution is -2.13. The summed E-state index contributed by atoms with van der Waals surface area (Å²) in [5.74, 6) is 0.719. The number of methoxy groups -OCH3 is 1. The van der Waals surface area contributed by atoms with E-state index in [0.29, 0.717) is 18.2 Å². The third-order valence-corrected chi connectivity index (χ3v) is 3.35. The standard InChI is InChI=1S/C17H18N2O3/c1-17(2,11-18)13-6-4-12(5-7-13)10-22-16-15(21-3)8-14(20)9-19-16/h4-9,20H,10H2,1-3H3. The van der Waals surface area contributed by atoms with Crippen LogP contribution in [0.15, 0.2) is 36.5 Å². The lowest BCUT2D eigenvalue weighted by Gasteiger charge is -2.16. The number of benzene rings is 1. The Morgan fingerprint density at radius 1 is 1.27 bits per heavy atom. The smallest absolute Gasteiger partial charge is 0.257 e. The number of hydrogen-bond donors (Lipinski definition) is 1. The van der Waals surface area contributed by atoms with Gasteiger partial charge in [-0.1, -0.05) is 24.3 Å². The first-order chi connectivity index (χ1) is 10.5. The van der Waals surface area contributed by atoms with Crippen LogP contribution in [0.4, 0.5) is 0 Å². The highest BCUT2D eigenvalue weighted by atomic mass is 16.5. The number of rotatable bonds is 5. The molecule has 0 saturated carbocycles. The summed E-state index contributed by atoms with van der Waals surface area (Å²) in [7, 11) is 1.49. The van der Waals surface area contributed by atoms with Gasteiger partial charge in [-0.15, -0.1) is 0 Å². The van der Waals surface area contributed by atoms with E-state index >= 15 is 0 Å². The number of hydrogen-bond acceptors (Lipinski definition) is 5. The molecule has 2 aromatic rings. The molecule has 0 bridgehead atoms. The van der Waals surface area contributed by atoms with Crippen molar-refractivity contribution < 1.29 is 14.6 Å². The molecule has 1 heterocycles. The molecule has 0 atom stereocenters. The van der Waals surface area contributed by atoms with Crippen LogP contribution in [-0.4, -0.2) is 17.2 Å². The maximum Gasteiger partial charge on any atom is 0.257 e. The minimum absolute atomic E-state index is 0.0206. The minimum Gasteiger partial charge on any atom is -0.506 e. The predicted octanol–water partition coefficient (Wildman–Crippen LogP) is 3.18. The molecule has 1 N–H and O–H groups in total. The summed E-state index contributed by atoms with van der Waals surface area (Å²) in [5.41, 5.74) is 1.40. The van der Waals surface area contributed by atoms with Crippen molar-refractivity contribution in [3.63, 3.8) is 0 Å². The molecule has 1 aromatic carbocycles. The van der Waals surface area contributed by atoms with E-state index in [1.54, 1.807) is 0 Å². The molecule has 22 heavy (non-hydrogen) atoms. The first-order valence-electron chi connectivity index (χ1n) is 6.83. The van der Waals surface area contributed by atoms with Crippen molar-refractivity contribution in [3.8, 4) is 23.4 Å². The summed E-state index contributed by atoms with van der Waals surface area (Å²) in [6.07, 6.45) is 1.30. The van der Waals surface area contributed by atoms with Gasteiger partial charge in [0.15, 0.2) is 5.75 Å². The highest BCUT2D eigenvalue weighted by molar-refractivity contribution is 5.39. The van der Waals surface area contributed by atoms with E-state index in [2.05, 4.69) is 11.1 Å². The van der Waals surface area contributed by atoms with Gasteiger partial charge >= 0.3 is 0 Å². The second-order valence-electron chi connectivity index (χ2n) is 5.42. The number of nitrogens with zero attached hydrogens (tertiary/aromatic N) is 2. The number of ether oxygens (including phenoxy) is 2. The van der Waals surface area contributed by atoms with Crippen LogP contribution >= 0.6 is 0 Å². The molecule has 0 radical (unpaired) electrons. The third kappa shape index (κ3) is 3.47. The molecule has 0 aliphatic rings. The van der Waals surface area contributed by atoms with Crippen LogP contribution in [0, 0.1) is 11.3 Å². The molecule has 0 fully saturated rings. The van der Waals surface area contributed by atoms with Gasteiger partial charge in [0.2, 0.25) is 0 Å². The van der Waals surface area contributed by atoms with Crippen molar-refractivity contribution in [1.82, 2.24) is 4.98 Å². The third-order valence-electron chi connectivity index (χ3n) is 3.35. The number of aromatic nitrogens is 1. The molecule has 0 amide bonds. The van der Waals surface area contributed by atoms with Crippen LogP contribution in [0.5, 0.6) is 17.4 Å². The van der Waals surface area contributed by atoms with Gasteiger partial charge in [-0.2, -0.15) is 5.26 Å². The fourth-order valence-corrected chi connectivity index (χ4v) is 1.91. The van der Waals surface area contributed by atoms with Crippen LogP contribution in [0.1, 0.15) is 25.0 Å².